The summed E-state index contributed by atoms with van der Waals surface area (Å²) >= 11 is 0. The Morgan fingerprint density at radius 3 is 2.31 bits per heavy atom. The fourth-order valence-electron chi connectivity index (χ4n) is 3.35. The Kier molecular flexibility index (Phi) is 3.95. The SMILES string of the molecule is COc1cc2cnc3c(c2cc1OC)COc1c-3ccc(OC)c1OC. The first-order valence-electron chi connectivity index (χ1n) is 8.13. The van der Waals surface area contributed by atoms with Crippen molar-refractivity contribution in [3.8, 4) is 40.0 Å². The van der Waals surface area contributed by atoms with Crippen LogP contribution in [0.4, 0.5) is 0 Å². The predicted octanol–water partition coefficient (Wildman–Crippen LogP) is 3.83. The average Bonchev–Trinajstić information content (AvgIpc) is 2.70. The zero-order chi connectivity index (χ0) is 18.3. The molecule has 134 valence electrons. The van der Waals surface area contributed by atoms with Gasteiger partial charge in [-0.15, -0.1) is 0 Å². The lowest BCUT2D eigenvalue weighted by Gasteiger charge is -2.24. The van der Waals surface area contributed by atoms with Gasteiger partial charge in [-0.3, -0.25) is 4.98 Å². The zero-order valence-electron chi connectivity index (χ0n) is 15.1. The number of hydrogen-bond acceptors (Lipinski definition) is 6. The van der Waals surface area contributed by atoms with E-state index < -0.39 is 0 Å². The minimum atomic E-state index is 0.381. The first kappa shape index (κ1) is 16.3. The van der Waals surface area contributed by atoms with E-state index in [1.54, 1.807) is 28.4 Å². The van der Waals surface area contributed by atoms with Crippen molar-refractivity contribution in [1.29, 1.82) is 0 Å². The Morgan fingerprint density at radius 2 is 1.62 bits per heavy atom. The van der Waals surface area contributed by atoms with Crippen molar-refractivity contribution in [2.75, 3.05) is 28.4 Å². The van der Waals surface area contributed by atoms with Crippen LogP contribution in [0.1, 0.15) is 5.56 Å². The molecule has 0 bridgehead atoms. The van der Waals surface area contributed by atoms with Crippen molar-refractivity contribution in [2.45, 2.75) is 6.61 Å². The Labute approximate surface area is 151 Å². The van der Waals surface area contributed by atoms with E-state index in [0.29, 0.717) is 35.4 Å². The molecule has 1 aromatic heterocycles. The highest BCUT2D eigenvalue weighted by Crippen LogP contribution is 2.48. The van der Waals surface area contributed by atoms with Gasteiger partial charge in [-0.05, 0) is 29.7 Å². The van der Waals surface area contributed by atoms with Gasteiger partial charge in [0, 0.05) is 22.7 Å². The molecule has 6 heteroatoms. The van der Waals surface area contributed by atoms with Gasteiger partial charge >= 0.3 is 0 Å². The first-order valence-corrected chi connectivity index (χ1v) is 8.13. The number of hydrogen-bond donors (Lipinski definition) is 0. The van der Waals surface area contributed by atoms with E-state index in [1.807, 2.05) is 30.5 Å². The molecule has 6 nitrogen and oxygen atoms in total. The van der Waals surface area contributed by atoms with Gasteiger partial charge in [-0.2, -0.15) is 0 Å². The Bertz CT molecular complexity index is 999. The Morgan fingerprint density at radius 1 is 0.885 bits per heavy atom. The zero-order valence-corrected chi connectivity index (χ0v) is 15.1. The quantitative estimate of drug-likeness (QED) is 0.710. The number of benzene rings is 2. The molecule has 0 unspecified atom stereocenters. The van der Waals surface area contributed by atoms with Crippen molar-refractivity contribution >= 4 is 10.8 Å². The normalized spacial score (nSPS) is 12.0. The van der Waals surface area contributed by atoms with Crippen molar-refractivity contribution in [3.63, 3.8) is 0 Å². The molecule has 1 aliphatic heterocycles. The summed E-state index contributed by atoms with van der Waals surface area (Å²) in [6.07, 6.45) is 1.84. The molecule has 0 radical (unpaired) electrons. The van der Waals surface area contributed by atoms with Crippen LogP contribution in [0.3, 0.4) is 0 Å². The summed E-state index contributed by atoms with van der Waals surface area (Å²) in [6.45, 7) is 0.381. The van der Waals surface area contributed by atoms with E-state index in [9.17, 15) is 0 Å². The van der Waals surface area contributed by atoms with Crippen LogP contribution >= 0.6 is 0 Å². The molecular formula is C20H19NO5. The van der Waals surface area contributed by atoms with Gasteiger partial charge in [0.15, 0.2) is 23.0 Å². The fraction of sp³-hybridized carbons (Fsp3) is 0.250. The number of fused-ring (bicyclic) bond motifs is 5. The number of rotatable bonds is 4. The minimum Gasteiger partial charge on any atom is -0.493 e. The highest BCUT2D eigenvalue weighted by molar-refractivity contribution is 5.94. The lowest BCUT2D eigenvalue weighted by atomic mass is 9.97. The molecule has 0 saturated heterocycles. The van der Waals surface area contributed by atoms with Crippen molar-refractivity contribution in [2.24, 2.45) is 0 Å². The number of methoxy groups -OCH3 is 4. The molecule has 0 amide bonds. The number of pyridine rings is 1. The van der Waals surface area contributed by atoms with Gasteiger partial charge in [-0.25, -0.2) is 0 Å². The van der Waals surface area contributed by atoms with E-state index >= 15 is 0 Å². The predicted molar refractivity (Wildman–Crippen MR) is 97.7 cm³/mol. The third-order valence-electron chi connectivity index (χ3n) is 4.62. The molecule has 0 spiro atoms. The van der Waals surface area contributed by atoms with E-state index in [0.717, 1.165) is 27.6 Å². The standard InChI is InChI=1S/C20H19NO5/c1-22-15-6-5-12-18-14(10-26-19(12)20(15)25-4)13-8-17(24-3)16(23-2)7-11(13)9-21-18/h5-9H,10H2,1-4H3. The number of ether oxygens (including phenoxy) is 5. The van der Waals surface area contributed by atoms with Crippen LogP contribution in [0.15, 0.2) is 30.5 Å². The Hall–Kier alpha value is -3.15. The second-order valence-corrected chi connectivity index (χ2v) is 5.85. The van der Waals surface area contributed by atoms with Crippen LogP contribution in [0, 0.1) is 0 Å². The van der Waals surface area contributed by atoms with Crippen LogP contribution in [-0.2, 0) is 6.61 Å². The summed E-state index contributed by atoms with van der Waals surface area (Å²) < 4.78 is 27.7. The monoisotopic (exact) mass is 353 g/mol. The van der Waals surface area contributed by atoms with Gasteiger partial charge < -0.3 is 23.7 Å². The summed E-state index contributed by atoms with van der Waals surface area (Å²) in [4.78, 5) is 4.68. The van der Waals surface area contributed by atoms with Crippen LogP contribution in [0.2, 0.25) is 0 Å². The van der Waals surface area contributed by atoms with Crippen molar-refractivity contribution in [3.05, 3.63) is 36.0 Å². The molecular weight excluding hydrogens is 334 g/mol. The second-order valence-electron chi connectivity index (χ2n) is 5.85. The summed E-state index contributed by atoms with van der Waals surface area (Å²) in [5, 5.41) is 1.99. The molecule has 2 aromatic carbocycles. The largest absolute Gasteiger partial charge is 0.493 e. The Balaban J connectivity index is 1.97. The topological polar surface area (TPSA) is 59.0 Å². The smallest absolute Gasteiger partial charge is 0.204 e. The molecule has 0 saturated carbocycles. The third kappa shape index (κ3) is 2.29. The van der Waals surface area contributed by atoms with Gasteiger partial charge in [-0.1, -0.05) is 0 Å². The van der Waals surface area contributed by atoms with Crippen molar-refractivity contribution < 1.29 is 23.7 Å². The van der Waals surface area contributed by atoms with Crippen LogP contribution in [-0.4, -0.2) is 33.4 Å². The molecule has 0 fully saturated rings. The molecule has 0 N–H and O–H groups in total. The lowest BCUT2D eigenvalue weighted by Crippen LogP contribution is -2.09. The van der Waals surface area contributed by atoms with Crippen LogP contribution in [0.25, 0.3) is 22.0 Å². The number of aromatic nitrogens is 1. The van der Waals surface area contributed by atoms with E-state index in [1.165, 1.54) is 0 Å². The first-order chi connectivity index (χ1) is 12.7. The molecule has 0 atom stereocenters. The average molecular weight is 353 g/mol. The van der Waals surface area contributed by atoms with E-state index in [-0.39, 0.29) is 0 Å². The second kappa shape index (κ2) is 6.29. The minimum absolute atomic E-state index is 0.381. The van der Waals surface area contributed by atoms with Crippen LogP contribution in [0.5, 0.6) is 28.7 Å². The maximum Gasteiger partial charge on any atom is 0.204 e. The molecule has 26 heavy (non-hydrogen) atoms. The van der Waals surface area contributed by atoms with Crippen molar-refractivity contribution in [1.82, 2.24) is 4.98 Å². The van der Waals surface area contributed by atoms with Gasteiger partial charge in [0.2, 0.25) is 5.75 Å². The van der Waals surface area contributed by atoms with E-state index in [4.69, 9.17) is 23.7 Å². The molecule has 1 aliphatic rings. The molecule has 2 heterocycles. The van der Waals surface area contributed by atoms with Gasteiger partial charge in [0.1, 0.15) is 6.61 Å². The fourth-order valence-corrected chi connectivity index (χ4v) is 3.35. The van der Waals surface area contributed by atoms with Gasteiger partial charge in [0.25, 0.3) is 0 Å². The highest BCUT2D eigenvalue weighted by atomic mass is 16.5. The number of nitrogens with zero attached hydrogens (tertiary/aromatic N) is 1. The maximum atomic E-state index is 6.04. The maximum absolute atomic E-state index is 6.04. The highest BCUT2D eigenvalue weighted by Gasteiger charge is 2.26. The molecule has 0 aliphatic carbocycles. The summed E-state index contributed by atoms with van der Waals surface area (Å²) in [5.41, 5.74) is 2.75. The van der Waals surface area contributed by atoms with Crippen LogP contribution < -0.4 is 23.7 Å². The van der Waals surface area contributed by atoms with E-state index in [2.05, 4.69) is 4.98 Å². The molecule has 4 rings (SSSR count). The molecule has 3 aromatic rings. The summed E-state index contributed by atoms with van der Waals surface area (Å²) in [5.74, 6) is 3.19. The van der Waals surface area contributed by atoms with Gasteiger partial charge in [0.05, 0.1) is 34.1 Å². The summed E-state index contributed by atoms with van der Waals surface area (Å²) in [6, 6.07) is 7.68. The third-order valence-corrected chi connectivity index (χ3v) is 4.62. The lowest BCUT2D eigenvalue weighted by molar-refractivity contribution is 0.273. The summed E-state index contributed by atoms with van der Waals surface area (Å²) in [7, 11) is 6.45.